The monoisotopic (exact) mass is 461 g/mol. The highest BCUT2D eigenvalue weighted by Gasteiger charge is 2.15. The van der Waals surface area contributed by atoms with Gasteiger partial charge in [0.15, 0.2) is 0 Å². The SMILES string of the molecule is Cc1ccc(C(C)C)c(OCCn2c(CNC(=O)c3ccccc3Cl)nc3ccccc32)c1. The van der Waals surface area contributed by atoms with Gasteiger partial charge >= 0.3 is 0 Å². The third-order valence-corrected chi connectivity index (χ3v) is 5.95. The van der Waals surface area contributed by atoms with Crippen LogP contribution in [0.4, 0.5) is 0 Å². The van der Waals surface area contributed by atoms with E-state index in [4.69, 9.17) is 21.3 Å². The van der Waals surface area contributed by atoms with Crippen molar-refractivity contribution < 1.29 is 9.53 Å². The summed E-state index contributed by atoms with van der Waals surface area (Å²) in [7, 11) is 0. The molecule has 1 amide bonds. The minimum Gasteiger partial charge on any atom is -0.491 e. The number of hydrogen-bond acceptors (Lipinski definition) is 3. The summed E-state index contributed by atoms with van der Waals surface area (Å²) >= 11 is 6.17. The Labute approximate surface area is 199 Å². The van der Waals surface area contributed by atoms with Crippen molar-refractivity contribution in [3.8, 4) is 5.75 Å². The highest BCUT2D eigenvalue weighted by molar-refractivity contribution is 6.33. The fraction of sp³-hybridized carbons (Fsp3) is 0.259. The summed E-state index contributed by atoms with van der Waals surface area (Å²) in [6.07, 6.45) is 0. The molecule has 170 valence electrons. The molecule has 0 aliphatic rings. The molecule has 4 aromatic rings. The first-order chi connectivity index (χ1) is 15.9. The van der Waals surface area contributed by atoms with Crippen LogP contribution in [0.3, 0.4) is 0 Å². The molecule has 0 aliphatic carbocycles. The first-order valence-corrected chi connectivity index (χ1v) is 11.5. The van der Waals surface area contributed by atoms with E-state index in [-0.39, 0.29) is 5.91 Å². The molecule has 4 rings (SSSR count). The quantitative estimate of drug-likeness (QED) is 0.343. The number of benzene rings is 3. The summed E-state index contributed by atoms with van der Waals surface area (Å²) in [5.74, 6) is 1.85. The Morgan fingerprint density at radius 1 is 1.09 bits per heavy atom. The molecule has 0 saturated carbocycles. The van der Waals surface area contributed by atoms with Crippen LogP contribution in [0.2, 0.25) is 5.02 Å². The van der Waals surface area contributed by atoms with Crippen molar-refractivity contribution in [2.45, 2.75) is 39.8 Å². The van der Waals surface area contributed by atoms with E-state index in [0.717, 1.165) is 22.6 Å². The van der Waals surface area contributed by atoms with Crippen molar-refractivity contribution in [2.24, 2.45) is 0 Å². The molecule has 1 heterocycles. The molecule has 0 spiro atoms. The minimum absolute atomic E-state index is 0.225. The maximum absolute atomic E-state index is 12.6. The number of aromatic nitrogens is 2. The molecular weight excluding hydrogens is 434 g/mol. The summed E-state index contributed by atoms with van der Waals surface area (Å²) in [5, 5.41) is 3.38. The lowest BCUT2D eigenvalue weighted by Crippen LogP contribution is -2.25. The van der Waals surface area contributed by atoms with E-state index >= 15 is 0 Å². The smallest absolute Gasteiger partial charge is 0.253 e. The molecule has 0 radical (unpaired) electrons. The number of imidazole rings is 1. The number of carbonyl (C=O) groups excluding carboxylic acids is 1. The van der Waals surface area contributed by atoms with Gasteiger partial charge in [-0.2, -0.15) is 0 Å². The topological polar surface area (TPSA) is 56.1 Å². The van der Waals surface area contributed by atoms with Gasteiger partial charge in [0.05, 0.1) is 34.7 Å². The molecule has 0 fully saturated rings. The third-order valence-electron chi connectivity index (χ3n) is 5.62. The molecule has 1 aromatic heterocycles. The predicted octanol–water partition coefficient (Wildman–Crippen LogP) is 6.13. The van der Waals surface area contributed by atoms with Crippen LogP contribution < -0.4 is 10.1 Å². The van der Waals surface area contributed by atoms with Gasteiger partial charge in [-0.1, -0.05) is 61.8 Å². The van der Waals surface area contributed by atoms with Crippen LogP contribution in [0.15, 0.2) is 66.7 Å². The van der Waals surface area contributed by atoms with Gasteiger partial charge in [0.1, 0.15) is 18.2 Å². The summed E-state index contributed by atoms with van der Waals surface area (Å²) in [4.78, 5) is 17.4. The zero-order chi connectivity index (χ0) is 23.4. The first kappa shape index (κ1) is 22.9. The van der Waals surface area contributed by atoms with Gasteiger partial charge in [-0.3, -0.25) is 4.79 Å². The van der Waals surface area contributed by atoms with Crippen molar-refractivity contribution in [2.75, 3.05) is 6.61 Å². The van der Waals surface area contributed by atoms with Crippen LogP contribution in [0.1, 0.15) is 47.1 Å². The zero-order valence-corrected chi connectivity index (χ0v) is 19.9. The number of nitrogens with one attached hydrogen (secondary N) is 1. The van der Waals surface area contributed by atoms with Crippen molar-refractivity contribution >= 4 is 28.5 Å². The number of para-hydroxylation sites is 2. The second-order valence-electron chi connectivity index (χ2n) is 8.38. The number of aryl methyl sites for hydroxylation is 1. The number of hydrogen-bond donors (Lipinski definition) is 1. The predicted molar refractivity (Wildman–Crippen MR) is 133 cm³/mol. The van der Waals surface area contributed by atoms with Gasteiger partial charge in [0.2, 0.25) is 0 Å². The average Bonchev–Trinajstić information content (AvgIpc) is 3.15. The Morgan fingerprint density at radius 3 is 2.64 bits per heavy atom. The molecular formula is C27H28ClN3O2. The normalized spacial score (nSPS) is 11.2. The molecule has 1 N–H and O–H groups in total. The summed E-state index contributed by atoms with van der Waals surface area (Å²) in [5.41, 5.74) is 4.72. The van der Waals surface area contributed by atoms with E-state index in [1.807, 2.05) is 24.3 Å². The van der Waals surface area contributed by atoms with Crippen LogP contribution in [0, 0.1) is 6.92 Å². The van der Waals surface area contributed by atoms with Crippen molar-refractivity contribution in [1.82, 2.24) is 14.9 Å². The van der Waals surface area contributed by atoms with Crippen LogP contribution in [-0.4, -0.2) is 22.1 Å². The molecule has 5 nitrogen and oxygen atoms in total. The second kappa shape index (κ2) is 10.1. The second-order valence-corrected chi connectivity index (χ2v) is 8.78. The number of carbonyl (C=O) groups is 1. The molecule has 0 saturated heterocycles. The van der Waals surface area contributed by atoms with Crippen LogP contribution >= 0.6 is 11.6 Å². The van der Waals surface area contributed by atoms with E-state index in [9.17, 15) is 4.79 Å². The fourth-order valence-corrected chi connectivity index (χ4v) is 4.12. The fourth-order valence-electron chi connectivity index (χ4n) is 3.90. The highest BCUT2D eigenvalue weighted by atomic mass is 35.5. The molecule has 6 heteroatoms. The third kappa shape index (κ3) is 5.20. The molecule has 0 unspecified atom stereocenters. The Balaban J connectivity index is 1.52. The van der Waals surface area contributed by atoms with Crippen LogP contribution in [0.5, 0.6) is 5.75 Å². The number of amides is 1. The van der Waals surface area contributed by atoms with Gasteiger partial charge in [0, 0.05) is 0 Å². The molecule has 0 aliphatic heterocycles. The summed E-state index contributed by atoms with van der Waals surface area (Å²) < 4.78 is 8.32. The van der Waals surface area contributed by atoms with E-state index in [0.29, 0.717) is 36.2 Å². The summed E-state index contributed by atoms with van der Waals surface area (Å²) in [6, 6.07) is 21.3. The maximum atomic E-state index is 12.6. The first-order valence-electron chi connectivity index (χ1n) is 11.1. The summed E-state index contributed by atoms with van der Waals surface area (Å²) in [6.45, 7) is 7.81. The Hall–Kier alpha value is -3.31. The Bertz CT molecular complexity index is 1280. The lowest BCUT2D eigenvalue weighted by Gasteiger charge is -2.16. The number of nitrogens with zero attached hydrogens (tertiary/aromatic N) is 2. The number of ether oxygens (including phenoxy) is 1. The van der Waals surface area contributed by atoms with Gasteiger partial charge < -0.3 is 14.6 Å². The standard InChI is InChI=1S/C27H28ClN3O2/c1-18(2)20-13-12-19(3)16-25(20)33-15-14-31-24-11-7-6-10-23(24)30-26(31)17-29-27(32)21-8-4-5-9-22(21)28/h4-13,16,18H,14-15,17H2,1-3H3,(H,29,32). The van der Waals surface area contributed by atoms with E-state index in [1.54, 1.807) is 24.3 Å². The van der Waals surface area contributed by atoms with Crippen LogP contribution in [0.25, 0.3) is 11.0 Å². The number of halogens is 1. The number of fused-ring (bicyclic) bond motifs is 1. The Kier molecular flexibility index (Phi) is 6.99. The van der Waals surface area contributed by atoms with Crippen molar-refractivity contribution in [3.63, 3.8) is 0 Å². The maximum Gasteiger partial charge on any atom is 0.253 e. The van der Waals surface area contributed by atoms with Gasteiger partial charge in [-0.15, -0.1) is 0 Å². The Morgan fingerprint density at radius 2 is 1.85 bits per heavy atom. The molecule has 0 atom stereocenters. The van der Waals surface area contributed by atoms with Gasteiger partial charge in [-0.25, -0.2) is 4.98 Å². The van der Waals surface area contributed by atoms with Crippen LogP contribution in [-0.2, 0) is 13.1 Å². The van der Waals surface area contributed by atoms with Gasteiger partial charge in [0.25, 0.3) is 5.91 Å². The average molecular weight is 462 g/mol. The molecule has 0 bridgehead atoms. The largest absolute Gasteiger partial charge is 0.491 e. The highest BCUT2D eigenvalue weighted by Crippen LogP contribution is 2.27. The lowest BCUT2D eigenvalue weighted by atomic mass is 10.0. The minimum atomic E-state index is -0.225. The van der Waals surface area contributed by atoms with Crippen molar-refractivity contribution in [3.05, 3.63) is 94.3 Å². The van der Waals surface area contributed by atoms with Gasteiger partial charge in [-0.05, 0) is 54.3 Å². The molecule has 33 heavy (non-hydrogen) atoms. The molecule has 3 aromatic carbocycles. The zero-order valence-electron chi connectivity index (χ0n) is 19.1. The number of rotatable bonds is 8. The van der Waals surface area contributed by atoms with E-state index < -0.39 is 0 Å². The van der Waals surface area contributed by atoms with E-state index in [2.05, 4.69) is 48.9 Å². The van der Waals surface area contributed by atoms with Crippen molar-refractivity contribution in [1.29, 1.82) is 0 Å². The lowest BCUT2D eigenvalue weighted by molar-refractivity contribution is 0.0949. The van der Waals surface area contributed by atoms with E-state index in [1.165, 1.54) is 11.1 Å².